The molecule has 0 spiro atoms. The lowest BCUT2D eigenvalue weighted by molar-refractivity contribution is 1.50. The molecular formula is C16H26. The molecule has 0 saturated carbocycles. The molecule has 0 atom stereocenters. The van der Waals surface area contributed by atoms with Gasteiger partial charge >= 0.3 is 0 Å². The van der Waals surface area contributed by atoms with Crippen LogP contribution in [0.4, 0.5) is 0 Å². The maximum absolute atomic E-state index is 4.60. The lowest BCUT2D eigenvalue weighted by atomic mass is 10.4. The molecule has 0 unspecified atom stereocenters. The van der Waals surface area contributed by atoms with Gasteiger partial charge < -0.3 is 0 Å². The van der Waals surface area contributed by atoms with Crippen LogP contribution in [0.25, 0.3) is 0 Å². The fourth-order valence-corrected chi connectivity index (χ4v) is 0.385. The van der Waals surface area contributed by atoms with Crippen molar-refractivity contribution < 1.29 is 0 Å². The monoisotopic (exact) mass is 218 g/mol. The Labute approximate surface area is 103 Å². The average molecular weight is 218 g/mol. The largest absolute Gasteiger partial charge is 0.120 e. The number of rotatable bonds is 0. The van der Waals surface area contributed by atoms with Crippen molar-refractivity contribution >= 4 is 0 Å². The van der Waals surface area contributed by atoms with Gasteiger partial charge in [0.1, 0.15) is 0 Å². The Bertz CT molecular complexity index is 182. The van der Waals surface area contributed by atoms with Gasteiger partial charge in [-0.15, -0.1) is 24.7 Å². The second kappa shape index (κ2) is 50.5. The molecule has 0 nitrogen and oxygen atoms in total. The van der Waals surface area contributed by atoms with E-state index in [1.807, 2.05) is 64.1 Å². The summed E-state index contributed by atoms with van der Waals surface area (Å²) in [6, 6.07) is 12.0. The molecule has 0 heterocycles. The molecule has 1 aromatic carbocycles. The molecule has 0 bridgehead atoms. The van der Waals surface area contributed by atoms with Gasteiger partial charge in [0.15, 0.2) is 0 Å². The maximum atomic E-state index is 4.60. The van der Waals surface area contributed by atoms with Gasteiger partial charge in [0, 0.05) is 0 Å². The Morgan fingerprint density at radius 1 is 0.562 bits per heavy atom. The summed E-state index contributed by atoms with van der Waals surface area (Å²) in [6.45, 7) is 11.3. The Hall–Kier alpha value is -1.66. The fraction of sp³-hybridized carbons (Fsp3) is 0.375. The van der Waals surface area contributed by atoms with E-state index in [1.165, 1.54) is 0 Å². The Morgan fingerprint density at radius 3 is 0.688 bits per heavy atom. The second-order valence-electron chi connectivity index (χ2n) is 1.73. The first kappa shape index (κ1) is 23.9. The maximum Gasteiger partial charge on any atom is -0.00297 e. The zero-order valence-electron chi connectivity index (χ0n) is 11.6. The van der Waals surface area contributed by atoms with Crippen molar-refractivity contribution in [2.75, 3.05) is 0 Å². The van der Waals surface area contributed by atoms with Gasteiger partial charge in [0.2, 0.25) is 0 Å². The van der Waals surface area contributed by atoms with Crippen LogP contribution in [-0.2, 0) is 0 Å². The lowest BCUT2D eigenvalue weighted by Crippen LogP contribution is -1.47. The summed E-state index contributed by atoms with van der Waals surface area (Å²) in [5.74, 6) is 4.50. The Kier molecular flexibility index (Phi) is 75.4. The normalized spacial score (nSPS) is 4.75. The van der Waals surface area contributed by atoms with Gasteiger partial charge in [0.25, 0.3) is 0 Å². The first-order valence-electron chi connectivity index (χ1n) is 5.58. The highest BCUT2D eigenvalue weighted by Gasteiger charge is 1.57. The molecule has 0 aliphatic heterocycles. The smallest absolute Gasteiger partial charge is 0.00297 e. The van der Waals surface area contributed by atoms with Crippen LogP contribution < -0.4 is 0 Å². The van der Waals surface area contributed by atoms with Crippen LogP contribution in [0.3, 0.4) is 0 Å². The van der Waals surface area contributed by atoms with Crippen molar-refractivity contribution in [2.45, 2.75) is 41.5 Å². The highest BCUT2D eigenvalue weighted by Crippen LogP contribution is 1.79. The molecular weight excluding hydrogens is 192 g/mol. The third-order valence-corrected chi connectivity index (χ3v) is 0.667. The third-order valence-electron chi connectivity index (χ3n) is 0.667. The third kappa shape index (κ3) is 84.2. The van der Waals surface area contributed by atoms with E-state index >= 15 is 0 Å². The molecule has 0 radical (unpaired) electrons. The van der Waals surface area contributed by atoms with E-state index in [1.54, 1.807) is 13.8 Å². The van der Waals surface area contributed by atoms with Crippen molar-refractivity contribution in [1.82, 2.24) is 0 Å². The van der Waals surface area contributed by atoms with E-state index in [-0.39, 0.29) is 0 Å². The molecule has 0 aliphatic carbocycles. The van der Waals surface area contributed by atoms with Crippen molar-refractivity contribution in [3.63, 3.8) is 0 Å². The summed E-state index contributed by atoms with van der Waals surface area (Å²) in [4.78, 5) is 0. The van der Waals surface area contributed by atoms with Crippen LogP contribution in [0.15, 0.2) is 36.4 Å². The molecule has 0 amide bonds. The average Bonchev–Trinajstić information content (AvgIpc) is 2.38. The minimum absolute atomic E-state index is 1.65. The Balaban J connectivity index is -0.0000000630. The predicted octanol–water partition coefficient (Wildman–Crippen LogP) is 5.02. The molecule has 0 N–H and O–H groups in total. The van der Waals surface area contributed by atoms with Crippen molar-refractivity contribution in [2.24, 2.45) is 0 Å². The second-order valence-corrected chi connectivity index (χ2v) is 1.73. The zero-order chi connectivity index (χ0) is 13.7. The number of benzene rings is 1. The molecule has 0 aromatic heterocycles. The molecule has 0 heteroatoms. The zero-order valence-corrected chi connectivity index (χ0v) is 11.6. The van der Waals surface area contributed by atoms with Crippen LogP contribution in [0.5, 0.6) is 0 Å². The predicted molar refractivity (Wildman–Crippen MR) is 78.2 cm³/mol. The van der Waals surface area contributed by atoms with Crippen molar-refractivity contribution in [3.8, 4) is 24.7 Å². The van der Waals surface area contributed by atoms with E-state index in [2.05, 4.69) is 24.7 Å². The van der Waals surface area contributed by atoms with Crippen LogP contribution in [-0.4, -0.2) is 0 Å². The van der Waals surface area contributed by atoms with Crippen LogP contribution in [0, 0.1) is 24.7 Å². The van der Waals surface area contributed by atoms with Gasteiger partial charge in [0.05, 0.1) is 0 Å². The standard InChI is InChI=1S/C6H6.2C3H4.2C2H6/c1-2-4-6-5-3-1;2*1-3-2;2*1-2/h1-6H;2*1H,2H3;2*1-2H3. The van der Waals surface area contributed by atoms with Gasteiger partial charge in [-0.25, -0.2) is 0 Å². The van der Waals surface area contributed by atoms with Crippen LogP contribution in [0.2, 0.25) is 0 Å². The van der Waals surface area contributed by atoms with Crippen molar-refractivity contribution in [3.05, 3.63) is 36.4 Å². The molecule has 90 valence electrons. The van der Waals surface area contributed by atoms with Gasteiger partial charge in [-0.1, -0.05) is 64.1 Å². The van der Waals surface area contributed by atoms with Crippen LogP contribution >= 0.6 is 0 Å². The highest BCUT2D eigenvalue weighted by atomic mass is 13.6. The first-order valence-corrected chi connectivity index (χ1v) is 5.58. The topological polar surface area (TPSA) is 0 Å². The molecule has 1 rings (SSSR count). The Morgan fingerprint density at radius 2 is 0.625 bits per heavy atom. The lowest BCUT2D eigenvalue weighted by Gasteiger charge is -1.69. The number of hydrogen-bond acceptors (Lipinski definition) is 0. The molecule has 0 fully saturated rings. The van der Waals surface area contributed by atoms with Gasteiger partial charge in [-0.2, -0.15) is 0 Å². The van der Waals surface area contributed by atoms with Crippen LogP contribution in [0.1, 0.15) is 41.5 Å². The summed E-state index contributed by atoms with van der Waals surface area (Å²) in [7, 11) is 0. The summed E-state index contributed by atoms with van der Waals surface area (Å²) >= 11 is 0. The van der Waals surface area contributed by atoms with Crippen molar-refractivity contribution in [1.29, 1.82) is 0 Å². The van der Waals surface area contributed by atoms with E-state index in [4.69, 9.17) is 0 Å². The summed E-state index contributed by atoms with van der Waals surface area (Å²) in [6.07, 6.45) is 9.19. The minimum atomic E-state index is 1.65. The molecule has 0 saturated heterocycles. The van der Waals surface area contributed by atoms with Gasteiger partial charge in [-0.05, 0) is 13.8 Å². The summed E-state index contributed by atoms with van der Waals surface area (Å²) in [5.41, 5.74) is 0. The molecule has 16 heavy (non-hydrogen) atoms. The van der Waals surface area contributed by atoms with E-state index in [9.17, 15) is 0 Å². The SMILES string of the molecule is C#CC.C#CC.CC.CC.c1ccccc1. The van der Waals surface area contributed by atoms with Gasteiger partial charge in [-0.3, -0.25) is 0 Å². The van der Waals surface area contributed by atoms with E-state index in [0.717, 1.165) is 0 Å². The number of hydrogen-bond donors (Lipinski definition) is 0. The summed E-state index contributed by atoms with van der Waals surface area (Å²) in [5, 5.41) is 0. The quantitative estimate of drug-likeness (QED) is 0.536. The van der Waals surface area contributed by atoms with E-state index in [0.29, 0.717) is 0 Å². The molecule has 0 aliphatic rings. The fourth-order valence-electron chi connectivity index (χ4n) is 0.385. The first-order chi connectivity index (χ1) is 7.83. The highest BCUT2D eigenvalue weighted by molar-refractivity contribution is 4.99. The summed E-state index contributed by atoms with van der Waals surface area (Å²) < 4.78 is 0. The minimum Gasteiger partial charge on any atom is -0.120 e. The molecule has 1 aromatic rings. The van der Waals surface area contributed by atoms with E-state index < -0.39 is 0 Å². The number of terminal acetylenes is 2.